The summed E-state index contributed by atoms with van der Waals surface area (Å²) in [6.45, 7) is 7.27. The van der Waals surface area contributed by atoms with Crippen LogP contribution in [0.5, 0.6) is 0 Å². The van der Waals surface area contributed by atoms with Crippen molar-refractivity contribution in [2.75, 3.05) is 6.61 Å². The first-order valence-corrected chi connectivity index (χ1v) is 12.1. The SMILES string of the molecule is CCC(C)(CCOC(C)(C)C(=O)c1nc(-c2ccccc2)n[nH]1)OC(=O)c1nc(-c2ccccc2)n[nH]1. The first kappa shape index (κ1) is 25.9. The second-order valence-corrected chi connectivity index (χ2v) is 9.38. The highest BCUT2D eigenvalue weighted by Gasteiger charge is 2.35. The highest BCUT2D eigenvalue weighted by Crippen LogP contribution is 2.25. The lowest BCUT2D eigenvalue weighted by molar-refractivity contribution is -0.0521. The Balaban J connectivity index is 1.34. The van der Waals surface area contributed by atoms with Gasteiger partial charge in [-0.2, -0.15) is 10.2 Å². The van der Waals surface area contributed by atoms with E-state index in [1.54, 1.807) is 13.8 Å². The Hall–Kier alpha value is -4.18. The van der Waals surface area contributed by atoms with E-state index in [-0.39, 0.29) is 24.0 Å². The zero-order valence-electron chi connectivity index (χ0n) is 21.3. The summed E-state index contributed by atoms with van der Waals surface area (Å²) in [6, 6.07) is 18.7. The molecule has 1 atom stereocenters. The molecule has 0 amide bonds. The van der Waals surface area contributed by atoms with Crippen LogP contribution in [-0.2, 0) is 9.47 Å². The van der Waals surface area contributed by atoms with Gasteiger partial charge < -0.3 is 9.47 Å². The molecule has 0 aliphatic carbocycles. The maximum absolute atomic E-state index is 13.1. The molecule has 0 bridgehead atoms. The van der Waals surface area contributed by atoms with Crippen LogP contribution in [0.25, 0.3) is 22.8 Å². The number of rotatable bonds is 11. The van der Waals surface area contributed by atoms with Gasteiger partial charge in [0, 0.05) is 17.5 Å². The number of hydrogen-bond acceptors (Lipinski definition) is 8. The zero-order chi connectivity index (χ0) is 26.5. The van der Waals surface area contributed by atoms with E-state index in [1.807, 2.05) is 74.5 Å². The lowest BCUT2D eigenvalue weighted by Gasteiger charge is -2.30. The van der Waals surface area contributed by atoms with E-state index in [1.165, 1.54) is 0 Å². The van der Waals surface area contributed by atoms with Crippen molar-refractivity contribution < 1.29 is 19.1 Å². The molecule has 0 fully saturated rings. The summed E-state index contributed by atoms with van der Waals surface area (Å²) in [7, 11) is 0. The molecule has 0 aliphatic heterocycles. The fraction of sp³-hybridized carbons (Fsp3) is 0.333. The molecule has 4 aromatic rings. The summed E-state index contributed by atoms with van der Waals surface area (Å²) in [5.41, 5.74) is -0.400. The van der Waals surface area contributed by atoms with Crippen molar-refractivity contribution in [1.29, 1.82) is 0 Å². The average molecular weight is 503 g/mol. The Labute approximate surface area is 214 Å². The van der Waals surface area contributed by atoms with Crippen LogP contribution >= 0.6 is 0 Å². The second-order valence-electron chi connectivity index (χ2n) is 9.38. The molecule has 2 aromatic heterocycles. The topological polar surface area (TPSA) is 136 Å². The van der Waals surface area contributed by atoms with E-state index in [2.05, 4.69) is 30.4 Å². The smallest absolute Gasteiger partial charge is 0.376 e. The second kappa shape index (κ2) is 10.8. The molecule has 4 rings (SSSR count). The predicted molar refractivity (Wildman–Crippen MR) is 137 cm³/mol. The van der Waals surface area contributed by atoms with Gasteiger partial charge in [0.25, 0.3) is 0 Å². The average Bonchev–Trinajstić information content (AvgIpc) is 3.60. The van der Waals surface area contributed by atoms with Gasteiger partial charge in [-0.05, 0) is 27.2 Å². The normalized spacial score (nSPS) is 13.2. The highest BCUT2D eigenvalue weighted by atomic mass is 16.6. The number of nitrogens with one attached hydrogen (secondary N) is 2. The third kappa shape index (κ3) is 6.15. The Morgan fingerprint density at radius 1 is 0.811 bits per heavy atom. The zero-order valence-corrected chi connectivity index (χ0v) is 21.3. The first-order chi connectivity index (χ1) is 17.7. The Bertz CT molecular complexity index is 1350. The molecule has 0 aliphatic rings. The molecule has 10 heteroatoms. The summed E-state index contributed by atoms with van der Waals surface area (Å²) >= 11 is 0. The monoisotopic (exact) mass is 502 g/mol. The maximum Gasteiger partial charge on any atom is 0.376 e. The van der Waals surface area contributed by atoms with Crippen LogP contribution in [-0.4, -0.2) is 59.9 Å². The van der Waals surface area contributed by atoms with Crippen molar-refractivity contribution in [1.82, 2.24) is 30.4 Å². The van der Waals surface area contributed by atoms with Crippen LogP contribution in [0, 0.1) is 0 Å². The van der Waals surface area contributed by atoms with Gasteiger partial charge in [0.1, 0.15) is 11.2 Å². The van der Waals surface area contributed by atoms with Gasteiger partial charge in [-0.25, -0.2) is 14.8 Å². The van der Waals surface area contributed by atoms with Gasteiger partial charge in [0.15, 0.2) is 17.5 Å². The van der Waals surface area contributed by atoms with E-state index in [9.17, 15) is 9.59 Å². The molecule has 0 spiro atoms. The molecule has 2 aromatic carbocycles. The lowest BCUT2D eigenvalue weighted by atomic mass is 9.98. The largest absolute Gasteiger partial charge is 0.453 e. The number of benzene rings is 2. The number of ether oxygens (including phenoxy) is 2. The van der Waals surface area contributed by atoms with Crippen LogP contribution in [0.2, 0.25) is 0 Å². The highest BCUT2D eigenvalue weighted by molar-refractivity contribution is 5.99. The van der Waals surface area contributed by atoms with Crippen LogP contribution in [0.1, 0.15) is 61.8 Å². The Morgan fingerprint density at radius 3 is 1.86 bits per heavy atom. The summed E-state index contributed by atoms with van der Waals surface area (Å²) in [5, 5.41) is 13.6. The van der Waals surface area contributed by atoms with Crippen molar-refractivity contribution in [2.45, 2.75) is 51.7 Å². The summed E-state index contributed by atoms with van der Waals surface area (Å²) in [4.78, 5) is 34.4. The van der Waals surface area contributed by atoms with E-state index in [0.29, 0.717) is 24.5 Å². The van der Waals surface area contributed by atoms with Crippen molar-refractivity contribution >= 4 is 11.8 Å². The molecular weight excluding hydrogens is 472 g/mol. The number of ketones is 1. The van der Waals surface area contributed by atoms with Crippen molar-refractivity contribution in [3.05, 3.63) is 72.3 Å². The third-order valence-corrected chi connectivity index (χ3v) is 6.17. The molecule has 192 valence electrons. The van der Waals surface area contributed by atoms with Crippen LogP contribution < -0.4 is 0 Å². The number of aromatic amines is 2. The van der Waals surface area contributed by atoms with Crippen LogP contribution in [0.3, 0.4) is 0 Å². The lowest BCUT2D eigenvalue weighted by Crippen LogP contribution is -2.39. The minimum atomic E-state index is -1.17. The van der Waals surface area contributed by atoms with Crippen LogP contribution in [0.4, 0.5) is 0 Å². The van der Waals surface area contributed by atoms with E-state index >= 15 is 0 Å². The Morgan fingerprint density at radius 2 is 1.32 bits per heavy atom. The number of carbonyl (C=O) groups excluding carboxylic acids is 2. The number of hydrogen-bond donors (Lipinski definition) is 2. The number of carbonyl (C=O) groups is 2. The summed E-state index contributed by atoms with van der Waals surface area (Å²) in [5.74, 6) is 0.0600. The number of nitrogens with zero attached hydrogens (tertiary/aromatic N) is 4. The maximum atomic E-state index is 13.1. The number of H-pyrrole nitrogens is 2. The van der Waals surface area contributed by atoms with E-state index < -0.39 is 17.2 Å². The molecular formula is C27H30N6O4. The van der Waals surface area contributed by atoms with Crippen molar-refractivity contribution in [3.8, 4) is 22.8 Å². The van der Waals surface area contributed by atoms with Crippen LogP contribution in [0.15, 0.2) is 60.7 Å². The van der Waals surface area contributed by atoms with Crippen molar-refractivity contribution in [2.24, 2.45) is 0 Å². The van der Waals surface area contributed by atoms with Gasteiger partial charge in [-0.3, -0.25) is 15.0 Å². The third-order valence-electron chi connectivity index (χ3n) is 6.17. The molecule has 2 N–H and O–H groups in total. The Kier molecular flexibility index (Phi) is 7.58. The molecule has 0 radical (unpaired) electrons. The van der Waals surface area contributed by atoms with Gasteiger partial charge in [-0.15, -0.1) is 0 Å². The van der Waals surface area contributed by atoms with Gasteiger partial charge >= 0.3 is 5.97 Å². The molecule has 0 saturated carbocycles. The minimum Gasteiger partial charge on any atom is -0.453 e. The van der Waals surface area contributed by atoms with Gasteiger partial charge in [0.05, 0.1) is 6.61 Å². The van der Waals surface area contributed by atoms with Gasteiger partial charge in [-0.1, -0.05) is 67.6 Å². The molecule has 1 unspecified atom stereocenters. The first-order valence-electron chi connectivity index (χ1n) is 12.1. The van der Waals surface area contributed by atoms with Crippen molar-refractivity contribution in [3.63, 3.8) is 0 Å². The fourth-order valence-electron chi connectivity index (χ4n) is 3.59. The predicted octanol–water partition coefficient (Wildman–Crippen LogP) is 4.65. The summed E-state index contributed by atoms with van der Waals surface area (Å²) < 4.78 is 11.7. The molecule has 0 saturated heterocycles. The van der Waals surface area contributed by atoms with E-state index in [4.69, 9.17) is 9.47 Å². The number of esters is 1. The summed E-state index contributed by atoms with van der Waals surface area (Å²) in [6.07, 6.45) is 0.913. The minimum absolute atomic E-state index is 0.0227. The standard InChI is InChI=1S/C27H30N6O4/c1-5-27(4,37-25(35)24-29-22(31-33-24)19-14-10-7-11-15-19)16-17-36-26(2,3)20(34)23-28-21(30-32-23)18-12-8-6-9-13-18/h6-15H,5,16-17H2,1-4H3,(H,28,30,32)(H,29,31,33). The van der Waals surface area contributed by atoms with E-state index in [0.717, 1.165) is 11.1 Å². The molecule has 37 heavy (non-hydrogen) atoms. The molecule has 10 nitrogen and oxygen atoms in total. The quantitative estimate of drug-likeness (QED) is 0.223. The van der Waals surface area contributed by atoms with Gasteiger partial charge in [0.2, 0.25) is 11.6 Å². The number of aromatic nitrogens is 6. The molecule has 2 heterocycles. The fourth-order valence-corrected chi connectivity index (χ4v) is 3.59. The number of Topliss-reactive ketones (excluding diaryl/α,β-unsaturated/α-hetero) is 1.